The molecule has 6 rings (SSSR count). The Labute approximate surface area is 413 Å². The molecule has 0 radical (unpaired) electrons. The van der Waals surface area contributed by atoms with Crippen molar-refractivity contribution in [3.8, 4) is 11.5 Å². The molecule has 0 aliphatic rings. The van der Waals surface area contributed by atoms with Gasteiger partial charge in [0.15, 0.2) is 11.5 Å². The summed E-state index contributed by atoms with van der Waals surface area (Å²) in [5, 5.41) is 67.1. The van der Waals surface area contributed by atoms with Gasteiger partial charge in [-0.1, -0.05) is 48.5 Å². The Hall–Kier alpha value is -0.820. The van der Waals surface area contributed by atoms with E-state index in [4.69, 9.17) is 0 Å². The molecule has 268 valence electrons. The molecule has 2 N–H and O–H groups in total. The molecule has 0 saturated heterocycles. The van der Waals surface area contributed by atoms with Gasteiger partial charge in [-0.3, -0.25) is 10.1 Å². The Morgan fingerprint density at radius 3 is 1.55 bits per heavy atom. The Morgan fingerprint density at radius 1 is 0.536 bits per heavy atom. The van der Waals surface area contributed by atoms with Crippen molar-refractivity contribution in [1.29, 1.82) is 0 Å². The Balaban J connectivity index is 0.00000271. The van der Waals surface area contributed by atoms with Crippen molar-refractivity contribution in [2.24, 2.45) is 20.5 Å². The van der Waals surface area contributed by atoms with Gasteiger partial charge >= 0.3 is 118 Å². The molecule has 26 heteroatoms. The number of phenols is 2. The van der Waals surface area contributed by atoms with Crippen molar-refractivity contribution >= 4 is 99.4 Å². The molecule has 0 aromatic heterocycles. The third-order valence-electron chi connectivity index (χ3n) is 7.33. The van der Waals surface area contributed by atoms with Gasteiger partial charge in [0.25, 0.3) is 0 Å². The van der Waals surface area contributed by atoms with Gasteiger partial charge in [0, 0.05) is 21.1 Å². The van der Waals surface area contributed by atoms with Crippen LogP contribution in [0.25, 0.3) is 32.3 Å². The van der Waals surface area contributed by atoms with E-state index in [-0.39, 0.29) is 163 Å². The predicted octanol–water partition coefficient (Wildman–Crippen LogP) is -6.33. The van der Waals surface area contributed by atoms with Crippen LogP contribution in [0.2, 0.25) is 0 Å². The Bertz CT molecular complexity index is 2680. The second-order valence-corrected chi connectivity index (χ2v) is 14.4. The van der Waals surface area contributed by atoms with Gasteiger partial charge in [-0.2, -0.15) is 8.67 Å². The first kappa shape index (κ1) is 51.3. The molecule has 56 heavy (non-hydrogen) atoms. The molecule has 0 amide bonds. The molecule has 6 aromatic carbocycles. The predicted molar refractivity (Wildman–Crippen MR) is 176 cm³/mol. The minimum atomic E-state index is -5.41. The molecule has 6 aromatic rings. The third kappa shape index (κ3) is 11.3. The van der Waals surface area contributed by atoms with Crippen LogP contribution in [0.15, 0.2) is 125 Å². The van der Waals surface area contributed by atoms with Crippen molar-refractivity contribution in [1.82, 2.24) is 0 Å². The summed E-state index contributed by atoms with van der Waals surface area (Å²) >= 11 is 0.875. The van der Waals surface area contributed by atoms with Crippen molar-refractivity contribution in [2.45, 2.75) is 19.6 Å². The fraction of sp³-hybridized carbons (Fsp3) is 0. The summed E-state index contributed by atoms with van der Waals surface area (Å²) in [5.74, 6) is -1.88. The number of aromatic hydroxyl groups is 2. The fourth-order valence-corrected chi connectivity index (χ4v) is 7.51. The zero-order valence-corrected chi connectivity index (χ0v) is 40.6. The van der Waals surface area contributed by atoms with Crippen LogP contribution >= 0.6 is 24.1 Å². The second kappa shape index (κ2) is 22.1. The first-order valence-corrected chi connectivity index (χ1v) is 18.2. The van der Waals surface area contributed by atoms with E-state index in [1.165, 1.54) is 36.4 Å². The molecule has 0 bridgehead atoms. The zero-order chi connectivity index (χ0) is 37.2. The number of benzene rings is 6. The number of hydrogen-bond acceptors (Lipinski definition) is 20. The van der Waals surface area contributed by atoms with Crippen LogP contribution < -0.4 is 129 Å². The van der Waals surface area contributed by atoms with E-state index < -0.39 is 58.3 Å². The molecule has 0 unspecified atom stereocenters. The van der Waals surface area contributed by atoms with Crippen LogP contribution in [0.5, 0.6) is 11.5 Å². The van der Waals surface area contributed by atoms with Crippen LogP contribution in [-0.2, 0) is 39.0 Å². The molecule has 18 nitrogen and oxygen atoms in total. The first-order valence-electron chi connectivity index (χ1n) is 13.9. The summed E-state index contributed by atoms with van der Waals surface area (Å²) in [7, 11) is -10.3. The molecular formula is C30H16N4Na4O14S4. The minimum absolute atomic E-state index is 0. The second-order valence-electron chi connectivity index (χ2n) is 10.2. The summed E-state index contributed by atoms with van der Waals surface area (Å²) < 4.78 is 81.4. The molecule has 0 atom stereocenters. The topological polar surface area (TPSA) is 287 Å². The van der Waals surface area contributed by atoms with Crippen LogP contribution in [0.3, 0.4) is 0 Å². The van der Waals surface area contributed by atoms with Gasteiger partial charge in [-0.25, -0.2) is 16.8 Å². The molecular weight excluding hydrogens is 861 g/mol. The molecule has 0 fully saturated rings. The molecule has 0 aliphatic carbocycles. The van der Waals surface area contributed by atoms with Gasteiger partial charge < -0.3 is 29.8 Å². The number of fused-ring (bicyclic) bond motifs is 3. The number of hydrogen-bond donors (Lipinski definition) is 2. The Morgan fingerprint density at radius 2 is 1.00 bits per heavy atom. The monoisotopic (exact) mass is 876 g/mol. The van der Waals surface area contributed by atoms with Crippen molar-refractivity contribution < 1.29 is 184 Å². The summed E-state index contributed by atoms with van der Waals surface area (Å²) in [4.78, 5) is -1.35. The standard InChI is InChI=1S/C30H20N4O14S4.4Na/c35-29-26-15(13-23(50-48-46-38)27(29)33-31-20-9-11-22(49-47-45-37)18-7-3-1-5-16(18)20)14-25(52(42,43)44)28(30(26)36)34-32-21-10-12-24(51(39,40)41)19-8-4-2-6-17(19)21;;;;/h1-14,35-38H,(H,39,40,41)(H,42,43,44);;;;/q;4*+1/p-4. The number of phenolic OH excluding ortho intramolecular Hbond substituents is 2. The number of azo groups is 2. The molecule has 0 aliphatic heterocycles. The van der Waals surface area contributed by atoms with Gasteiger partial charge in [-0.05, 0) is 47.2 Å². The average molecular weight is 877 g/mol. The third-order valence-corrected chi connectivity index (χ3v) is 10.3. The average Bonchev–Trinajstić information content (AvgIpc) is 3.11. The Kier molecular flexibility index (Phi) is 20.3. The van der Waals surface area contributed by atoms with Crippen molar-refractivity contribution in [3.05, 3.63) is 84.9 Å². The van der Waals surface area contributed by atoms with Crippen LogP contribution in [-0.4, -0.2) is 36.2 Å². The SMILES string of the molecule is O=S(=O)([O-])c1cc2cc(SOO[O-])c(N=Nc3ccc(SOO[O-])c4ccccc34)c(O)c2c(O)c1N=Nc1ccc(S(=O)(=O)[O-])c2ccccc12.[Na+].[Na+].[Na+].[Na+]. The van der Waals surface area contributed by atoms with Crippen molar-refractivity contribution in [3.63, 3.8) is 0 Å². The van der Waals surface area contributed by atoms with Crippen LogP contribution in [0, 0.1) is 0 Å². The fourth-order valence-electron chi connectivity index (χ4n) is 5.19. The van der Waals surface area contributed by atoms with E-state index in [1.807, 2.05) is 0 Å². The molecule has 0 heterocycles. The normalized spacial score (nSPS) is 11.7. The number of nitrogens with zero attached hydrogens (tertiary/aromatic N) is 4. The van der Waals surface area contributed by atoms with Crippen LogP contribution in [0.4, 0.5) is 22.7 Å². The summed E-state index contributed by atoms with van der Waals surface area (Å²) in [6, 6.07) is 19.4. The van der Waals surface area contributed by atoms with E-state index >= 15 is 0 Å². The summed E-state index contributed by atoms with van der Waals surface area (Å²) in [5.41, 5.74) is -1.18. The largest absolute Gasteiger partial charge is 1.00 e. The first-order chi connectivity index (χ1) is 24.8. The smallest absolute Gasteiger partial charge is 0.744 e. The molecule has 0 saturated carbocycles. The summed E-state index contributed by atoms with van der Waals surface area (Å²) in [6.07, 6.45) is 0. The minimum Gasteiger partial charge on any atom is -0.744 e. The maximum absolute atomic E-state index is 12.4. The van der Waals surface area contributed by atoms with Gasteiger partial charge in [0.2, 0.25) is 0 Å². The van der Waals surface area contributed by atoms with Gasteiger partial charge in [0.1, 0.15) is 31.6 Å². The van der Waals surface area contributed by atoms with Gasteiger partial charge in [0.05, 0.1) is 55.5 Å². The molecule has 0 spiro atoms. The van der Waals surface area contributed by atoms with E-state index in [1.54, 1.807) is 24.3 Å². The van der Waals surface area contributed by atoms with Crippen LogP contribution in [0.1, 0.15) is 0 Å². The quantitative estimate of drug-likeness (QED) is 0.0289. The zero-order valence-electron chi connectivity index (χ0n) is 29.3. The van der Waals surface area contributed by atoms with E-state index in [9.17, 15) is 46.7 Å². The summed E-state index contributed by atoms with van der Waals surface area (Å²) in [6.45, 7) is 0. The maximum Gasteiger partial charge on any atom is 1.00 e. The van der Waals surface area contributed by atoms with Gasteiger partial charge in [-0.15, -0.1) is 20.5 Å². The van der Waals surface area contributed by atoms with E-state index in [0.717, 1.165) is 24.3 Å². The van der Waals surface area contributed by atoms with E-state index in [0.29, 0.717) is 27.7 Å². The maximum atomic E-state index is 12.4. The number of rotatable bonds is 12. The van der Waals surface area contributed by atoms with E-state index in [2.05, 4.69) is 39.2 Å². The van der Waals surface area contributed by atoms with Crippen molar-refractivity contribution in [2.75, 3.05) is 0 Å².